The van der Waals surface area contributed by atoms with Gasteiger partial charge in [-0.15, -0.1) is 0 Å². The van der Waals surface area contributed by atoms with Crippen molar-refractivity contribution in [2.24, 2.45) is 10.7 Å². The van der Waals surface area contributed by atoms with Gasteiger partial charge >= 0.3 is 0 Å². The molecule has 10 heavy (non-hydrogen) atoms. The zero-order valence-corrected chi connectivity index (χ0v) is 6.76. The number of hydrogen-bond donors (Lipinski definition) is 2. The fourth-order valence-electron chi connectivity index (χ4n) is 0.572. The molecule has 0 aromatic heterocycles. The normalized spacial score (nSPS) is 21.9. The fourth-order valence-corrected chi connectivity index (χ4v) is 0.572. The van der Waals surface area contributed by atoms with Gasteiger partial charge in [0.05, 0.1) is 6.04 Å². The number of guanidine groups is 1. The van der Waals surface area contributed by atoms with Crippen LogP contribution in [0.2, 0.25) is 0 Å². The van der Waals surface area contributed by atoms with Crippen molar-refractivity contribution in [2.45, 2.75) is 26.8 Å². The minimum Gasteiger partial charge on any atom is -0.370 e. The lowest BCUT2D eigenvalue weighted by Gasteiger charge is -2.07. The Balaban J connectivity index is 0.000000371. The van der Waals surface area contributed by atoms with Gasteiger partial charge in [-0.2, -0.15) is 0 Å². The quantitative estimate of drug-likeness (QED) is 0.525. The molecule has 1 atom stereocenters. The minimum atomic E-state index is 0.233. The van der Waals surface area contributed by atoms with Gasteiger partial charge in [-0.3, -0.25) is 0 Å². The van der Waals surface area contributed by atoms with Crippen LogP contribution in [-0.2, 0) is 0 Å². The van der Waals surface area contributed by atoms with Crippen molar-refractivity contribution in [3.05, 3.63) is 12.3 Å². The first-order valence-corrected chi connectivity index (χ1v) is 3.55. The highest BCUT2D eigenvalue weighted by Gasteiger charge is 1.97. The summed E-state index contributed by atoms with van der Waals surface area (Å²) in [7, 11) is 0. The predicted octanol–water partition coefficient (Wildman–Crippen LogP) is 0.833. The van der Waals surface area contributed by atoms with Crippen LogP contribution < -0.4 is 11.1 Å². The third-order valence-corrected chi connectivity index (χ3v) is 0.949. The molecule has 0 saturated carbocycles. The number of rotatable bonds is 0. The van der Waals surface area contributed by atoms with E-state index in [4.69, 9.17) is 5.73 Å². The molecule has 0 radical (unpaired) electrons. The van der Waals surface area contributed by atoms with E-state index in [2.05, 4.69) is 10.3 Å². The molecule has 1 aliphatic heterocycles. The molecule has 0 aliphatic carbocycles. The number of nitrogens with zero attached hydrogens (tertiary/aromatic N) is 1. The predicted molar refractivity (Wildman–Crippen MR) is 44.7 cm³/mol. The minimum absolute atomic E-state index is 0.233. The maximum absolute atomic E-state index is 5.31. The van der Waals surface area contributed by atoms with E-state index in [0.29, 0.717) is 5.96 Å². The zero-order chi connectivity index (χ0) is 7.98. The Morgan fingerprint density at radius 3 is 2.50 bits per heavy atom. The summed E-state index contributed by atoms with van der Waals surface area (Å²) in [4.78, 5) is 3.98. The summed E-state index contributed by atoms with van der Waals surface area (Å²) in [5.74, 6) is 0.500. The molecule has 3 nitrogen and oxygen atoms in total. The van der Waals surface area contributed by atoms with Gasteiger partial charge in [0.2, 0.25) is 0 Å². The first-order chi connectivity index (χ1) is 4.79. The summed E-state index contributed by atoms with van der Waals surface area (Å²) < 4.78 is 0. The monoisotopic (exact) mass is 141 g/mol. The van der Waals surface area contributed by atoms with Gasteiger partial charge < -0.3 is 11.1 Å². The van der Waals surface area contributed by atoms with Crippen molar-refractivity contribution in [1.82, 2.24) is 5.32 Å². The summed E-state index contributed by atoms with van der Waals surface area (Å²) in [5, 5.41) is 2.76. The van der Waals surface area contributed by atoms with Crippen molar-refractivity contribution in [1.29, 1.82) is 0 Å². The van der Waals surface area contributed by atoms with Crippen LogP contribution in [-0.4, -0.2) is 12.0 Å². The summed E-state index contributed by atoms with van der Waals surface area (Å²) in [6, 6.07) is 0.233. The Hall–Kier alpha value is -0.990. The Kier molecular flexibility index (Phi) is 4.37. The third-order valence-electron chi connectivity index (χ3n) is 0.949. The highest BCUT2D eigenvalue weighted by molar-refractivity contribution is 5.79. The van der Waals surface area contributed by atoms with E-state index < -0.39 is 0 Å². The second-order valence-corrected chi connectivity index (χ2v) is 1.76. The van der Waals surface area contributed by atoms with Gasteiger partial charge in [-0.05, 0) is 13.0 Å². The topological polar surface area (TPSA) is 50.4 Å². The number of aliphatic imine (C=N–C) groups is 1. The first kappa shape index (κ1) is 9.01. The smallest absolute Gasteiger partial charge is 0.193 e. The number of nitrogens with two attached hydrogens (primary N) is 1. The summed E-state index contributed by atoms with van der Waals surface area (Å²) in [6.07, 6.45) is 3.74. The van der Waals surface area contributed by atoms with Gasteiger partial charge in [-0.25, -0.2) is 4.99 Å². The summed E-state index contributed by atoms with van der Waals surface area (Å²) >= 11 is 0. The van der Waals surface area contributed by atoms with Crippen LogP contribution >= 0.6 is 0 Å². The van der Waals surface area contributed by atoms with Gasteiger partial charge in [0.1, 0.15) is 0 Å². The lowest BCUT2D eigenvalue weighted by Crippen LogP contribution is -2.31. The molecule has 58 valence electrons. The molecular formula is C7H15N3. The first-order valence-electron chi connectivity index (χ1n) is 3.55. The third kappa shape index (κ3) is 3.12. The fraction of sp³-hybridized carbons (Fsp3) is 0.571. The Bertz CT molecular complexity index is 138. The van der Waals surface area contributed by atoms with Crippen LogP contribution in [0.4, 0.5) is 0 Å². The van der Waals surface area contributed by atoms with E-state index in [-0.39, 0.29) is 6.04 Å². The lowest BCUT2D eigenvalue weighted by molar-refractivity contribution is 0.878. The second kappa shape index (κ2) is 4.85. The second-order valence-electron chi connectivity index (χ2n) is 1.76. The zero-order valence-electron chi connectivity index (χ0n) is 6.76. The Labute approximate surface area is 62.0 Å². The molecule has 1 aliphatic rings. The van der Waals surface area contributed by atoms with Gasteiger partial charge in [-0.1, -0.05) is 13.8 Å². The van der Waals surface area contributed by atoms with Crippen LogP contribution in [0.25, 0.3) is 0 Å². The maximum Gasteiger partial charge on any atom is 0.193 e. The maximum atomic E-state index is 5.31. The van der Waals surface area contributed by atoms with Crippen molar-refractivity contribution < 1.29 is 0 Å². The molecule has 3 N–H and O–H groups in total. The molecule has 1 unspecified atom stereocenters. The molecule has 3 heteroatoms. The average Bonchev–Trinajstić information content (AvgIpc) is 1.91. The molecular weight excluding hydrogens is 126 g/mol. The molecule has 0 aromatic rings. The van der Waals surface area contributed by atoms with Gasteiger partial charge in [0, 0.05) is 6.20 Å². The van der Waals surface area contributed by atoms with Crippen LogP contribution in [0, 0.1) is 0 Å². The van der Waals surface area contributed by atoms with Gasteiger partial charge in [0.15, 0.2) is 5.96 Å². The molecule has 1 heterocycles. The largest absolute Gasteiger partial charge is 0.370 e. The SMILES string of the molecule is CC.CC1C=CNC(N)=N1. The van der Waals surface area contributed by atoms with Crippen molar-refractivity contribution in [3.8, 4) is 0 Å². The summed E-state index contributed by atoms with van der Waals surface area (Å²) in [6.45, 7) is 5.98. The molecule has 0 spiro atoms. The lowest BCUT2D eigenvalue weighted by atomic mass is 10.3. The van der Waals surface area contributed by atoms with Crippen LogP contribution in [0.5, 0.6) is 0 Å². The van der Waals surface area contributed by atoms with E-state index in [1.54, 1.807) is 6.20 Å². The number of hydrogen-bond acceptors (Lipinski definition) is 3. The number of nitrogens with one attached hydrogen (secondary N) is 1. The van der Waals surface area contributed by atoms with Crippen LogP contribution in [0.1, 0.15) is 20.8 Å². The van der Waals surface area contributed by atoms with E-state index in [0.717, 1.165) is 0 Å². The molecule has 0 saturated heterocycles. The average molecular weight is 141 g/mol. The molecule has 0 fully saturated rings. The van der Waals surface area contributed by atoms with E-state index in [1.165, 1.54) is 0 Å². The highest BCUT2D eigenvalue weighted by Crippen LogP contribution is 1.93. The summed E-state index contributed by atoms with van der Waals surface area (Å²) in [5.41, 5.74) is 5.31. The molecule has 1 rings (SSSR count). The van der Waals surface area contributed by atoms with Gasteiger partial charge in [0.25, 0.3) is 0 Å². The van der Waals surface area contributed by atoms with E-state index >= 15 is 0 Å². The van der Waals surface area contributed by atoms with E-state index in [1.807, 2.05) is 26.8 Å². The molecule has 0 aromatic carbocycles. The van der Waals surface area contributed by atoms with Crippen LogP contribution in [0.15, 0.2) is 17.3 Å². The molecule has 0 amide bonds. The van der Waals surface area contributed by atoms with Crippen molar-refractivity contribution in [3.63, 3.8) is 0 Å². The molecule has 0 bridgehead atoms. The van der Waals surface area contributed by atoms with Crippen molar-refractivity contribution in [2.75, 3.05) is 0 Å². The van der Waals surface area contributed by atoms with Crippen molar-refractivity contribution >= 4 is 5.96 Å². The van der Waals surface area contributed by atoms with E-state index in [9.17, 15) is 0 Å². The van der Waals surface area contributed by atoms with Crippen LogP contribution in [0.3, 0.4) is 0 Å². The highest BCUT2D eigenvalue weighted by atomic mass is 15.1. The Morgan fingerprint density at radius 1 is 1.60 bits per heavy atom. The Morgan fingerprint density at radius 2 is 2.20 bits per heavy atom. The standard InChI is InChI=1S/C5H9N3.C2H6/c1-4-2-3-7-5(6)8-4;1-2/h2-4H,1H3,(H3,6,7,8);1-2H3.